The third kappa shape index (κ3) is 3.70. The Bertz CT molecular complexity index is 749. The minimum absolute atomic E-state index is 0.0399. The number of phenols is 2. The summed E-state index contributed by atoms with van der Waals surface area (Å²) >= 11 is 0. The number of rotatable bonds is 4. The SMILES string of the molecule is O=C(N/N=C/c1ccc(O)cc1O)C1CC(c2ccccc2)NN1. The van der Waals surface area contributed by atoms with E-state index in [4.69, 9.17) is 0 Å². The number of aromatic hydroxyl groups is 2. The van der Waals surface area contributed by atoms with E-state index in [-0.39, 0.29) is 23.4 Å². The molecule has 3 rings (SSSR count). The Morgan fingerprint density at radius 2 is 1.96 bits per heavy atom. The van der Waals surface area contributed by atoms with Crippen LogP contribution in [0.4, 0.5) is 0 Å². The van der Waals surface area contributed by atoms with Crippen LogP contribution >= 0.6 is 0 Å². The number of phenolic OH excluding ortho intramolecular Hbond substituents is 2. The van der Waals surface area contributed by atoms with Gasteiger partial charge in [0.2, 0.25) is 0 Å². The second-order valence-electron chi connectivity index (χ2n) is 5.52. The van der Waals surface area contributed by atoms with Crippen molar-refractivity contribution in [2.24, 2.45) is 5.10 Å². The zero-order valence-electron chi connectivity index (χ0n) is 12.8. The molecule has 2 atom stereocenters. The number of nitrogens with one attached hydrogen (secondary N) is 3. The van der Waals surface area contributed by atoms with Crippen LogP contribution in [0.3, 0.4) is 0 Å². The Kier molecular flexibility index (Phi) is 4.74. The zero-order chi connectivity index (χ0) is 16.9. The number of hydrazine groups is 1. The third-order valence-electron chi connectivity index (χ3n) is 3.81. The molecule has 7 nitrogen and oxygen atoms in total. The Balaban J connectivity index is 1.55. The minimum Gasteiger partial charge on any atom is -0.508 e. The fourth-order valence-electron chi connectivity index (χ4n) is 2.52. The molecule has 1 amide bonds. The Labute approximate surface area is 139 Å². The van der Waals surface area contributed by atoms with Gasteiger partial charge in [0.15, 0.2) is 0 Å². The summed E-state index contributed by atoms with van der Waals surface area (Å²) < 4.78 is 0. The van der Waals surface area contributed by atoms with Crippen LogP contribution in [0.5, 0.6) is 11.5 Å². The summed E-state index contributed by atoms with van der Waals surface area (Å²) in [6.45, 7) is 0. The highest BCUT2D eigenvalue weighted by Crippen LogP contribution is 2.22. The molecule has 0 saturated carbocycles. The molecule has 1 saturated heterocycles. The molecule has 24 heavy (non-hydrogen) atoms. The van der Waals surface area contributed by atoms with E-state index in [1.807, 2.05) is 30.3 Å². The van der Waals surface area contributed by atoms with Gasteiger partial charge in [0, 0.05) is 17.7 Å². The zero-order valence-corrected chi connectivity index (χ0v) is 12.8. The molecule has 0 spiro atoms. The number of hydrogen-bond donors (Lipinski definition) is 5. The quantitative estimate of drug-likeness (QED) is 0.428. The summed E-state index contributed by atoms with van der Waals surface area (Å²) in [5.74, 6) is -0.421. The van der Waals surface area contributed by atoms with Gasteiger partial charge in [-0.25, -0.2) is 16.3 Å². The first-order valence-corrected chi connectivity index (χ1v) is 7.54. The lowest BCUT2D eigenvalue weighted by Gasteiger charge is -2.08. The van der Waals surface area contributed by atoms with Crippen LogP contribution in [0, 0.1) is 0 Å². The molecule has 2 aromatic carbocycles. The summed E-state index contributed by atoms with van der Waals surface area (Å²) in [4.78, 5) is 12.1. The smallest absolute Gasteiger partial charge is 0.258 e. The summed E-state index contributed by atoms with van der Waals surface area (Å²) in [5.41, 5.74) is 10.00. The number of hydrazone groups is 1. The Morgan fingerprint density at radius 3 is 2.71 bits per heavy atom. The summed E-state index contributed by atoms with van der Waals surface area (Å²) in [6, 6.07) is 13.7. The van der Waals surface area contributed by atoms with Gasteiger partial charge in [-0.15, -0.1) is 0 Å². The lowest BCUT2D eigenvalue weighted by atomic mass is 10.0. The highest BCUT2D eigenvalue weighted by atomic mass is 16.3. The second kappa shape index (κ2) is 7.12. The largest absolute Gasteiger partial charge is 0.508 e. The number of nitrogens with zero attached hydrogens (tertiary/aromatic N) is 1. The molecule has 0 bridgehead atoms. The molecule has 1 aliphatic heterocycles. The number of carbonyl (C=O) groups is 1. The van der Waals surface area contributed by atoms with Crippen LogP contribution in [0.25, 0.3) is 0 Å². The van der Waals surface area contributed by atoms with Crippen molar-refractivity contribution in [3.63, 3.8) is 0 Å². The Hall–Kier alpha value is -2.90. The van der Waals surface area contributed by atoms with Crippen LogP contribution in [-0.4, -0.2) is 28.4 Å². The van der Waals surface area contributed by atoms with Crippen LogP contribution in [0.2, 0.25) is 0 Å². The van der Waals surface area contributed by atoms with Gasteiger partial charge in [-0.05, 0) is 24.1 Å². The van der Waals surface area contributed by atoms with E-state index in [1.165, 1.54) is 24.4 Å². The van der Waals surface area contributed by atoms with Gasteiger partial charge in [0.05, 0.1) is 6.21 Å². The highest BCUT2D eigenvalue weighted by molar-refractivity contribution is 5.86. The second-order valence-corrected chi connectivity index (χ2v) is 5.52. The third-order valence-corrected chi connectivity index (χ3v) is 3.81. The van der Waals surface area contributed by atoms with Crippen molar-refractivity contribution in [2.75, 3.05) is 0 Å². The van der Waals surface area contributed by atoms with Gasteiger partial charge in [0.1, 0.15) is 17.5 Å². The molecular formula is C17H18N4O3. The Morgan fingerprint density at radius 1 is 1.17 bits per heavy atom. The van der Waals surface area contributed by atoms with Crippen molar-refractivity contribution in [2.45, 2.75) is 18.5 Å². The normalized spacial score (nSPS) is 20.3. The maximum absolute atomic E-state index is 12.1. The average Bonchev–Trinajstić information content (AvgIpc) is 3.08. The molecule has 1 fully saturated rings. The van der Waals surface area contributed by atoms with E-state index in [2.05, 4.69) is 21.4 Å². The number of carbonyl (C=O) groups excluding carboxylic acids is 1. The van der Waals surface area contributed by atoms with Gasteiger partial charge in [-0.3, -0.25) is 4.79 Å². The first-order valence-electron chi connectivity index (χ1n) is 7.54. The first-order chi connectivity index (χ1) is 11.6. The molecule has 0 radical (unpaired) electrons. The first kappa shape index (κ1) is 16.0. The van der Waals surface area contributed by atoms with Crippen LogP contribution in [0.1, 0.15) is 23.6 Å². The summed E-state index contributed by atoms with van der Waals surface area (Å²) in [7, 11) is 0. The summed E-state index contributed by atoms with van der Waals surface area (Å²) in [5, 5.41) is 22.7. The van der Waals surface area contributed by atoms with Gasteiger partial charge in [-0.1, -0.05) is 30.3 Å². The van der Waals surface area contributed by atoms with Crippen molar-refractivity contribution in [3.8, 4) is 11.5 Å². The van der Waals surface area contributed by atoms with Crippen molar-refractivity contribution in [3.05, 3.63) is 59.7 Å². The predicted octanol–water partition coefficient (Wildman–Crippen LogP) is 1.16. The van der Waals surface area contributed by atoms with Crippen LogP contribution in [-0.2, 0) is 4.79 Å². The average molecular weight is 326 g/mol. The standard InChI is InChI=1S/C17H18N4O3/c22-13-7-6-12(16(23)8-13)10-18-21-17(24)15-9-14(19-20-15)11-4-2-1-3-5-11/h1-8,10,14-15,19-20,22-23H,9H2,(H,21,24)/b18-10+. The van der Waals surface area contributed by atoms with Crippen molar-refractivity contribution in [1.82, 2.24) is 16.3 Å². The number of benzene rings is 2. The van der Waals surface area contributed by atoms with Gasteiger partial charge < -0.3 is 10.2 Å². The summed E-state index contributed by atoms with van der Waals surface area (Å²) in [6.07, 6.45) is 1.93. The maximum Gasteiger partial charge on any atom is 0.258 e. The molecule has 2 aromatic rings. The van der Waals surface area contributed by atoms with Gasteiger partial charge >= 0.3 is 0 Å². The lowest BCUT2D eigenvalue weighted by Crippen LogP contribution is -2.41. The van der Waals surface area contributed by atoms with E-state index in [0.717, 1.165) is 5.56 Å². The van der Waals surface area contributed by atoms with Gasteiger partial charge in [0.25, 0.3) is 5.91 Å². The van der Waals surface area contributed by atoms with Gasteiger partial charge in [-0.2, -0.15) is 5.10 Å². The molecule has 7 heteroatoms. The van der Waals surface area contributed by atoms with E-state index in [0.29, 0.717) is 12.0 Å². The number of hydrogen-bond acceptors (Lipinski definition) is 6. The molecule has 5 N–H and O–H groups in total. The molecular weight excluding hydrogens is 308 g/mol. The minimum atomic E-state index is -0.402. The van der Waals surface area contributed by atoms with Crippen LogP contribution in [0.15, 0.2) is 53.6 Å². The molecule has 0 aromatic heterocycles. The topological polar surface area (TPSA) is 106 Å². The predicted molar refractivity (Wildman–Crippen MR) is 89.4 cm³/mol. The monoisotopic (exact) mass is 326 g/mol. The van der Waals surface area contributed by atoms with E-state index in [1.54, 1.807) is 0 Å². The molecule has 1 aliphatic rings. The molecule has 0 aliphatic carbocycles. The fraction of sp³-hybridized carbons (Fsp3) is 0.176. The van der Waals surface area contributed by atoms with Crippen molar-refractivity contribution < 1.29 is 15.0 Å². The highest BCUT2D eigenvalue weighted by Gasteiger charge is 2.29. The fourth-order valence-corrected chi connectivity index (χ4v) is 2.52. The van der Waals surface area contributed by atoms with Crippen molar-refractivity contribution in [1.29, 1.82) is 0 Å². The number of amides is 1. The molecule has 124 valence electrons. The van der Waals surface area contributed by atoms with Crippen molar-refractivity contribution >= 4 is 12.1 Å². The lowest BCUT2D eigenvalue weighted by molar-refractivity contribution is -0.122. The molecule has 2 unspecified atom stereocenters. The van der Waals surface area contributed by atoms with E-state index in [9.17, 15) is 15.0 Å². The van der Waals surface area contributed by atoms with E-state index >= 15 is 0 Å². The van der Waals surface area contributed by atoms with E-state index < -0.39 is 6.04 Å². The van der Waals surface area contributed by atoms with Crippen LogP contribution < -0.4 is 16.3 Å². The maximum atomic E-state index is 12.1. The molecule has 1 heterocycles.